The van der Waals surface area contributed by atoms with E-state index in [1.165, 1.54) is 11.3 Å². The molecule has 0 saturated carbocycles. The summed E-state index contributed by atoms with van der Waals surface area (Å²) >= 11 is 10.1. The van der Waals surface area contributed by atoms with Gasteiger partial charge in [-0.1, -0.05) is 22.9 Å². The Morgan fingerprint density at radius 2 is 2.57 bits per heavy atom. The number of halogens is 2. The van der Waals surface area contributed by atoms with Crippen LogP contribution in [0.5, 0.6) is 0 Å². The minimum Gasteiger partial charge on any atom is -0.232 e. The third kappa shape index (κ3) is 1.40. The second kappa shape index (κ2) is 2.11. The van der Waals surface area contributed by atoms with E-state index in [1.807, 2.05) is 0 Å². The van der Waals surface area contributed by atoms with Crippen LogP contribution in [0.15, 0.2) is 9.98 Å². The first-order valence-electron chi connectivity index (χ1n) is 1.56. The van der Waals surface area contributed by atoms with Gasteiger partial charge in [0.1, 0.15) is 0 Å². The molecule has 0 aromatic carbocycles. The quantitative estimate of drug-likeness (QED) is 0.624. The predicted octanol–water partition coefficient (Wildman–Crippen LogP) is 2.56. The molecule has 0 N–H and O–H groups in total. The molecule has 4 heteroatoms. The van der Waals surface area contributed by atoms with Gasteiger partial charge < -0.3 is 0 Å². The van der Waals surface area contributed by atoms with Gasteiger partial charge in [0.15, 0.2) is 4.47 Å². The first kappa shape index (κ1) is 5.54. The number of hydrogen-bond acceptors (Lipinski definition) is 2. The lowest BCUT2D eigenvalue weighted by Crippen LogP contribution is -1.48. The SMILES string of the molecule is Clc1ncc(Br)s1. The minimum atomic E-state index is 0.576. The smallest absolute Gasteiger partial charge is 0.184 e. The standard InChI is InChI=1S/C3HBrClNS/c4-2-1-6-3(5)7-2/h1H. The van der Waals surface area contributed by atoms with Gasteiger partial charge in [-0.25, -0.2) is 4.98 Å². The monoisotopic (exact) mass is 197 g/mol. The van der Waals surface area contributed by atoms with Crippen LogP contribution in [0.1, 0.15) is 0 Å². The normalized spacial score (nSPS) is 9.43. The highest BCUT2D eigenvalue weighted by atomic mass is 79.9. The van der Waals surface area contributed by atoms with Crippen LogP contribution in [-0.4, -0.2) is 4.98 Å². The largest absolute Gasteiger partial charge is 0.232 e. The van der Waals surface area contributed by atoms with Crippen molar-refractivity contribution in [2.45, 2.75) is 0 Å². The van der Waals surface area contributed by atoms with Crippen molar-refractivity contribution in [1.82, 2.24) is 4.98 Å². The van der Waals surface area contributed by atoms with Crippen molar-refractivity contribution in [3.8, 4) is 0 Å². The summed E-state index contributed by atoms with van der Waals surface area (Å²) in [6, 6.07) is 0. The number of aromatic nitrogens is 1. The van der Waals surface area contributed by atoms with Crippen molar-refractivity contribution in [2.24, 2.45) is 0 Å². The Balaban J connectivity index is 3.04. The molecule has 0 atom stereocenters. The fourth-order valence-corrected chi connectivity index (χ4v) is 1.75. The highest BCUT2D eigenvalue weighted by Crippen LogP contribution is 2.22. The molecule has 38 valence electrons. The van der Waals surface area contributed by atoms with Crippen molar-refractivity contribution in [2.75, 3.05) is 0 Å². The highest BCUT2D eigenvalue weighted by molar-refractivity contribution is 9.11. The first-order chi connectivity index (χ1) is 3.29. The van der Waals surface area contributed by atoms with Crippen molar-refractivity contribution >= 4 is 38.9 Å². The maximum atomic E-state index is 5.44. The molecule has 0 amide bonds. The van der Waals surface area contributed by atoms with Gasteiger partial charge in [0.05, 0.1) is 9.98 Å². The van der Waals surface area contributed by atoms with Crippen molar-refractivity contribution in [1.29, 1.82) is 0 Å². The Morgan fingerprint density at radius 3 is 2.71 bits per heavy atom. The van der Waals surface area contributed by atoms with E-state index in [-0.39, 0.29) is 0 Å². The Kier molecular flexibility index (Phi) is 1.67. The molecule has 0 saturated heterocycles. The average Bonchev–Trinajstić information content (AvgIpc) is 1.87. The zero-order valence-electron chi connectivity index (χ0n) is 3.19. The second-order valence-electron chi connectivity index (χ2n) is 0.917. The van der Waals surface area contributed by atoms with E-state index < -0.39 is 0 Å². The van der Waals surface area contributed by atoms with E-state index in [9.17, 15) is 0 Å². The second-order valence-corrected chi connectivity index (χ2v) is 3.91. The molecule has 0 aliphatic heterocycles. The summed E-state index contributed by atoms with van der Waals surface area (Å²) in [7, 11) is 0. The van der Waals surface area contributed by atoms with Gasteiger partial charge in [-0.2, -0.15) is 0 Å². The van der Waals surface area contributed by atoms with Gasteiger partial charge in [-0.15, -0.1) is 0 Å². The fraction of sp³-hybridized carbons (Fsp3) is 0. The van der Waals surface area contributed by atoms with Crippen molar-refractivity contribution in [3.63, 3.8) is 0 Å². The van der Waals surface area contributed by atoms with Crippen LogP contribution in [0.3, 0.4) is 0 Å². The van der Waals surface area contributed by atoms with Crippen LogP contribution in [0.4, 0.5) is 0 Å². The van der Waals surface area contributed by atoms with Gasteiger partial charge >= 0.3 is 0 Å². The number of rotatable bonds is 0. The Labute approximate surface area is 58.5 Å². The van der Waals surface area contributed by atoms with Gasteiger partial charge in [-0.3, -0.25) is 0 Å². The van der Waals surface area contributed by atoms with E-state index >= 15 is 0 Å². The Morgan fingerprint density at radius 1 is 1.86 bits per heavy atom. The van der Waals surface area contributed by atoms with Crippen LogP contribution < -0.4 is 0 Å². The molecule has 1 aromatic heterocycles. The molecule has 1 rings (SSSR count). The zero-order valence-corrected chi connectivity index (χ0v) is 6.35. The van der Waals surface area contributed by atoms with Crippen LogP contribution in [-0.2, 0) is 0 Å². The number of hydrogen-bond donors (Lipinski definition) is 0. The molecule has 1 nitrogen and oxygen atoms in total. The lowest BCUT2D eigenvalue weighted by Gasteiger charge is -1.64. The maximum absolute atomic E-state index is 5.44. The average molecular weight is 198 g/mol. The molecule has 0 bridgehead atoms. The zero-order chi connectivity index (χ0) is 5.28. The van der Waals surface area contributed by atoms with E-state index in [1.54, 1.807) is 6.20 Å². The van der Waals surface area contributed by atoms with Gasteiger partial charge in [0.25, 0.3) is 0 Å². The molecular weight excluding hydrogens is 197 g/mol. The summed E-state index contributed by atoms with van der Waals surface area (Å²) in [4.78, 5) is 3.75. The lowest BCUT2D eigenvalue weighted by molar-refractivity contribution is 1.42. The van der Waals surface area contributed by atoms with Crippen LogP contribution in [0, 0.1) is 0 Å². The molecule has 0 radical (unpaired) electrons. The highest BCUT2D eigenvalue weighted by Gasteiger charge is 1.90. The van der Waals surface area contributed by atoms with Crippen LogP contribution in [0.25, 0.3) is 0 Å². The summed E-state index contributed by atoms with van der Waals surface area (Å²) in [5.41, 5.74) is 0. The van der Waals surface area contributed by atoms with Crippen molar-refractivity contribution < 1.29 is 0 Å². The maximum Gasteiger partial charge on any atom is 0.184 e. The summed E-state index contributed by atoms with van der Waals surface area (Å²) in [5.74, 6) is 0. The summed E-state index contributed by atoms with van der Waals surface area (Å²) in [6.07, 6.45) is 1.67. The topological polar surface area (TPSA) is 12.9 Å². The van der Waals surface area contributed by atoms with Crippen LogP contribution >= 0.6 is 38.9 Å². The van der Waals surface area contributed by atoms with E-state index in [0.717, 1.165) is 3.79 Å². The summed E-state index contributed by atoms with van der Waals surface area (Å²) < 4.78 is 1.55. The van der Waals surface area contributed by atoms with E-state index in [2.05, 4.69) is 20.9 Å². The summed E-state index contributed by atoms with van der Waals surface area (Å²) in [5, 5.41) is 0. The van der Waals surface area contributed by atoms with E-state index in [4.69, 9.17) is 11.6 Å². The number of thiazole rings is 1. The Hall–Kier alpha value is 0.400. The van der Waals surface area contributed by atoms with Gasteiger partial charge in [-0.05, 0) is 15.9 Å². The minimum absolute atomic E-state index is 0.576. The fourth-order valence-electron chi connectivity index (χ4n) is 0.235. The molecule has 0 unspecified atom stereocenters. The molecule has 0 spiro atoms. The van der Waals surface area contributed by atoms with Gasteiger partial charge in [0.2, 0.25) is 0 Å². The molecule has 0 fully saturated rings. The molecule has 7 heavy (non-hydrogen) atoms. The predicted molar refractivity (Wildman–Crippen MR) is 34.8 cm³/mol. The lowest BCUT2D eigenvalue weighted by atomic mass is 11.0. The van der Waals surface area contributed by atoms with Crippen molar-refractivity contribution in [3.05, 3.63) is 14.5 Å². The van der Waals surface area contributed by atoms with Gasteiger partial charge in [0, 0.05) is 0 Å². The molecule has 1 aromatic rings. The van der Waals surface area contributed by atoms with Crippen LogP contribution in [0.2, 0.25) is 4.47 Å². The molecule has 1 heterocycles. The number of nitrogens with zero attached hydrogens (tertiary/aromatic N) is 1. The third-order valence-corrected chi connectivity index (χ3v) is 2.04. The van der Waals surface area contributed by atoms with E-state index in [0.29, 0.717) is 4.47 Å². The molecular formula is C3HBrClNS. The first-order valence-corrected chi connectivity index (χ1v) is 3.54. The summed E-state index contributed by atoms with van der Waals surface area (Å²) in [6.45, 7) is 0. The molecule has 0 aliphatic carbocycles. The third-order valence-electron chi connectivity index (χ3n) is 0.449. The Bertz CT molecular complexity index is 147. The molecule has 0 aliphatic rings.